The summed E-state index contributed by atoms with van der Waals surface area (Å²) in [5.74, 6) is 0. The molecular weight excluding hydrogens is 342 g/mol. The average molecular weight is 352 g/mol. The van der Waals surface area contributed by atoms with Gasteiger partial charge in [0, 0.05) is 17.1 Å². The highest BCUT2D eigenvalue weighted by atomic mass is 35.5. The maximum absolute atomic E-state index is 12.2. The van der Waals surface area contributed by atoms with Crippen LogP contribution in [0.3, 0.4) is 0 Å². The number of aromatic nitrogens is 2. The van der Waals surface area contributed by atoms with Gasteiger partial charge in [-0.25, -0.2) is 18.4 Å². The summed E-state index contributed by atoms with van der Waals surface area (Å²) >= 11 is 6.88. The highest BCUT2D eigenvalue weighted by molar-refractivity contribution is 7.93. The van der Waals surface area contributed by atoms with E-state index in [0.717, 1.165) is 11.3 Å². The van der Waals surface area contributed by atoms with Crippen LogP contribution in [0.2, 0.25) is 5.15 Å². The Balaban J connectivity index is 1.84. The van der Waals surface area contributed by atoms with E-state index in [9.17, 15) is 8.42 Å². The molecule has 112 valence electrons. The fraction of sp³-hybridized carbons (Fsp3) is 0. The van der Waals surface area contributed by atoms with E-state index in [-0.39, 0.29) is 10.0 Å². The first-order chi connectivity index (χ1) is 10.5. The van der Waals surface area contributed by atoms with E-state index in [4.69, 9.17) is 11.6 Å². The third-order valence-electron chi connectivity index (χ3n) is 2.81. The van der Waals surface area contributed by atoms with Crippen molar-refractivity contribution in [1.29, 1.82) is 0 Å². The predicted molar refractivity (Wildman–Crippen MR) is 87.6 cm³/mol. The maximum Gasteiger partial charge on any atom is 0.265 e. The van der Waals surface area contributed by atoms with Crippen LogP contribution in [0.15, 0.2) is 58.9 Å². The lowest BCUT2D eigenvalue weighted by Crippen LogP contribution is -2.12. The number of thiazole rings is 1. The van der Waals surface area contributed by atoms with Crippen LogP contribution in [0, 0.1) is 0 Å². The summed E-state index contributed by atoms with van der Waals surface area (Å²) in [6, 6.07) is 12.4. The molecule has 5 nitrogen and oxygen atoms in total. The molecule has 2 heterocycles. The number of pyridine rings is 1. The molecule has 0 amide bonds. The number of rotatable bonds is 4. The molecular formula is C14H10ClN3O2S2. The topological polar surface area (TPSA) is 72.0 Å². The normalized spacial score (nSPS) is 11.3. The lowest BCUT2D eigenvalue weighted by atomic mass is 10.2. The van der Waals surface area contributed by atoms with Crippen molar-refractivity contribution in [3.05, 3.63) is 59.2 Å². The minimum atomic E-state index is -3.72. The molecule has 22 heavy (non-hydrogen) atoms. The van der Waals surface area contributed by atoms with Crippen LogP contribution < -0.4 is 4.72 Å². The molecule has 3 aromatic rings. The molecule has 0 fully saturated rings. The Morgan fingerprint density at radius 2 is 1.86 bits per heavy atom. The summed E-state index contributed by atoms with van der Waals surface area (Å²) in [6.45, 7) is 0. The van der Waals surface area contributed by atoms with E-state index >= 15 is 0 Å². The minimum absolute atomic E-state index is 0.0355. The second-order valence-corrected chi connectivity index (χ2v) is 7.25. The molecule has 1 N–H and O–H groups in total. The Morgan fingerprint density at radius 3 is 2.55 bits per heavy atom. The fourth-order valence-corrected chi connectivity index (χ4v) is 3.79. The summed E-state index contributed by atoms with van der Waals surface area (Å²) in [5, 5.41) is 2.33. The second kappa shape index (κ2) is 6.04. The summed E-state index contributed by atoms with van der Waals surface area (Å²) in [4.78, 5) is 8.10. The van der Waals surface area contributed by atoms with E-state index in [2.05, 4.69) is 14.7 Å². The van der Waals surface area contributed by atoms with Gasteiger partial charge in [-0.1, -0.05) is 41.9 Å². The standard InChI is InChI=1S/C14H10ClN3O2S2/c15-13-7-6-11(8-16-13)22(19,20)18-14-17-12(9-21-14)10-4-2-1-3-5-10/h1-9H,(H,17,18). The Kier molecular flexibility index (Phi) is 4.10. The van der Waals surface area contributed by atoms with Gasteiger partial charge in [-0.15, -0.1) is 11.3 Å². The molecule has 0 saturated carbocycles. The third kappa shape index (κ3) is 3.27. The summed E-state index contributed by atoms with van der Waals surface area (Å²) in [7, 11) is -3.72. The molecule has 0 saturated heterocycles. The lowest BCUT2D eigenvalue weighted by molar-refractivity contribution is 0.601. The first-order valence-corrected chi connectivity index (χ1v) is 8.94. The third-order valence-corrected chi connectivity index (χ3v) is 5.24. The second-order valence-electron chi connectivity index (χ2n) is 4.33. The van der Waals surface area contributed by atoms with E-state index < -0.39 is 10.0 Å². The smallest absolute Gasteiger partial charge is 0.255 e. The maximum atomic E-state index is 12.2. The molecule has 3 rings (SSSR count). The van der Waals surface area contributed by atoms with Gasteiger partial charge in [0.15, 0.2) is 5.13 Å². The van der Waals surface area contributed by atoms with Gasteiger partial charge in [0.1, 0.15) is 10.0 Å². The molecule has 0 spiro atoms. The number of anilines is 1. The van der Waals surface area contributed by atoms with Crippen LogP contribution in [0.5, 0.6) is 0 Å². The quantitative estimate of drug-likeness (QED) is 0.728. The first kappa shape index (κ1) is 15.0. The molecule has 0 unspecified atom stereocenters. The van der Waals surface area contributed by atoms with Gasteiger partial charge < -0.3 is 0 Å². The number of nitrogens with zero attached hydrogens (tertiary/aromatic N) is 2. The van der Waals surface area contributed by atoms with Crippen LogP contribution in [0.1, 0.15) is 0 Å². The zero-order valence-electron chi connectivity index (χ0n) is 11.1. The van der Waals surface area contributed by atoms with Crippen molar-refractivity contribution in [2.45, 2.75) is 4.90 Å². The van der Waals surface area contributed by atoms with Crippen LogP contribution in [0.25, 0.3) is 11.3 Å². The van der Waals surface area contributed by atoms with Crippen molar-refractivity contribution in [2.24, 2.45) is 0 Å². The van der Waals surface area contributed by atoms with Crippen molar-refractivity contribution in [3.8, 4) is 11.3 Å². The molecule has 0 aliphatic carbocycles. The van der Waals surface area contributed by atoms with Crippen molar-refractivity contribution in [3.63, 3.8) is 0 Å². The SMILES string of the molecule is O=S(=O)(Nc1nc(-c2ccccc2)cs1)c1ccc(Cl)nc1. The number of hydrogen-bond acceptors (Lipinski definition) is 5. The van der Waals surface area contributed by atoms with Crippen LogP contribution >= 0.6 is 22.9 Å². The van der Waals surface area contributed by atoms with Crippen LogP contribution in [-0.2, 0) is 10.0 Å². The number of hydrogen-bond donors (Lipinski definition) is 1. The number of sulfonamides is 1. The van der Waals surface area contributed by atoms with E-state index in [1.807, 2.05) is 30.3 Å². The average Bonchev–Trinajstić information content (AvgIpc) is 2.96. The highest BCUT2D eigenvalue weighted by Crippen LogP contribution is 2.26. The number of nitrogens with one attached hydrogen (secondary N) is 1. The van der Waals surface area contributed by atoms with E-state index in [1.165, 1.54) is 29.7 Å². The largest absolute Gasteiger partial charge is 0.265 e. The molecule has 0 atom stereocenters. The Morgan fingerprint density at radius 1 is 1.09 bits per heavy atom. The van der Waals surface area contributed by atoms with Crippen molar-refractivity contribution >= 4 is 38.1 Å². The minimum Gasteiger partial charge on any atom is -0.255 e. The van der Waals surface area contributed by atoms with Gasteiger partial charge in [0.05, 0.1) is 5.69 Å². The van der Waals surface area contributed by atoms with Crippen molar-refractivity contribution < 1.29 is 8.42 Å². The van der Waals surface area contributed by atoms with Gasteiger partial charge in [0.25, 0.3) is 10.0 Å². The van der Waals surface area contributed by atoms with Gasteiger partial charge in [-0.2, -0.15) is 0 Å². The zero-order valence-corrected chi connectivity index (χ0v) is 13.5. The van der Waals surface area contributed by atoms with E-state index in [0.29, 0.717) is 5.13 Å². The van der Waals surface area contributed by atoms with Gasteiger partial charge in [0.2, 0.25) is 0 Å². The van der Waals surface area contributed by atoms with E-state index in [1.54, 1.807) is 5.38 Å². The monoisotopic (exact) mass is 351 g/mol. The highest BCUT2D eigenvalue weighted by Gasteiger charge is 2.16. The molecule has 0 bridgehead atoms. The fourth-order valence-electron chi connectivity index (χ4n) is 1.76. The Hall–Kier alpha value is -1.96. The molecule has 2 aromatic heterocycles. The Labute approximate surface area is 136 Å². The molecule has 8 heteroatoms. The molecule has 0 aliphatic heterocycles. The van der Waals surface area contributed by atoms with Crippen LogP contribution in [-0.4, -0.2) is 18.4 Å². The predicted octanol–water partition coefficient (Wildman–Crippen LogP) is 3.66. The lowest BCUT2D eigenvalue weighted by Gasteiger charge is -2.04. The summed E-state index contributed by atoms with van der Waals surface area (Å²) in [6.07, 6.45) is 1.20. The van der Waals surface area contributed by atoms with Crippen molar-refractivity contribution in [1.82, 2.24) is 9.97 Å². The molecule has 1 aromatic carbocycles. The molecule has 0 aliphatic rings. The first-order valence-electron chi connectivity index (χ1n) is 6.20. The van der Waals surface area contributed by atoms with Gasteiger partial charge >= 0.3 is 0 Å². The van der Waals surface area contributed by atoms with Gasteiger partial charge in [-0.05, 0) is 12.1 Å². The number of benzene rings is 1. The summed E-state index contributed by atoms with van der Waals surface area (Å²) in [5.41, 5.74) is 1.65. The van der Waals surface area contributed by atoms with Crippen LogP contribution in [0.4, 0.5) is 5.13 Å². The van der Waals surface area contributed by atoms with Crippen molar-refractivity contribution in [2.75, 3.05) is 4.72 Å². The number of halogens is 1. The summed E-state index contributed by atoms with van der Waals surface area (Å²) < 4.78 is 26.9. The van der Waals surface area contributed by atoms with Gasteiger partial charge in [-0.3, -0.25) is 4.72 Å². The Bertz CT molecular complexity index is 878. The molecule has 0 radical (unpaired) electrons. The zero-order chi connectivity index (χ0) is 15.6.